The lowest BCUT2D eigenvalue weighted by Crippen LogP contribution is -2.20. The Labute approximate surface area is 92.3 Å². The molecule has 0 atom stereocenters. The SMILES string of the molecule is Cc1cccc(CC(=S)C(C)(C)C)c1. The van der Waals surface area contributed by atoms with E-state index in [4.69, 9.17) is 12.2 Å². The van der Waals surface area contributed by atoms with Gasteiger partial charge >= 0.3 is 0 Å². The van der Waals surface area contributed by atoms with Crippen LogP contribution in [0.25, 0.3) is 0 Å². The minimum atomic E-state index is 0.138. The van der Waals surface area contributed by atoms with Gasteiger partial charge in [0.1, 0.15) is 0 Å². The van der Waals surface area contributed by atoms with Gasteiger partial charge in [0.25, 0.3) is 0 Å². The molecule has 0 spiro atoms. The lowest BCUT2D eigenvalue weighted by molar-refractivity contribution is 0.592. The summed E-state index contributed by atoms with van der Waals surface area (Å²) in [4.78, 5) is 1.13. The maximum atomic E-state index is 5.42. The first-order valence-electron chi connectivity index (χ1n) is 4.98. The zero-order valence-corrected chi connectivity index (χ0v) is 10.2. The summed E-state index contributed by atoms with van der Waals surface area (Å²) in [7, 11) is 0. The largest absolute Gasteiger partial charge is 0.0887 e. The van der Waals surface area contributed by atoms with Gasteiger partial charge in [0.15, 0.2) is 0 Å². The van der Waals surface area contributed by atoms with E-state index in [1.807, 2.05) is 0 Å². The standard InChI is InChI=1S/C13H18S/c1-10-6-5-7-11(8-10)9-12(14)13(2,3)4/h5-8H,9H2,1-4H3. The zero-order valence-electron chi connectivity index (χ0n) is 9.42. The highest BCUT2D eigenvalue weighted by atomic mass is 32.1. The molecule has 1 aromatic carbocycles. The molecule has 0 radical (unpaired) electrons. The van der Waals surface area contributed by atoms with E-state index in [-0.39, 0.29) is 5.41 Å². The predicted molar refractivity (Wildman–Crippen MR) is 66.9 cm³/mol. The van der Waals surface area contributed by atoms with Crippen LogP contribution in [0.5, 0.6) is 0 Å². The Kier molecular flexibility index (Phi) is 3.43. The molecule has 0 fully saturated rings. The second-order valence-corrected chi connectivity index (χ2v) is 5.33. The molecule has 76 valence electrons. The number of aryl methyl sites for hydroxylation is 1. The summed E-state index contributed by atoms with van der Waals surface area (Å²) in [6.45, 7) is 8.63. The zero-order chi connectivity index (χ0) is 10.8. The monoisotopic (exact) mass is 206 g/mol. The molecule has 1 rings (SSSR count). The summed E-state index contributed by atoms with van der Waals surface area (Å²) in [5, 5.41) is 0. The Balaban J connectivity index is 2.75. The highest BCUT2D eigenvalue weighted by Gasteiger charge is 2.16. The van der Waals surface area contributed by atoms with Gasteiger partial charge in [-0.05, 0) is 17.9 Å². The van der Waals surface area contributed by atoms with Crippen LogP contribution in [0.15, 0.2) is 24.3 Å². The van der Waals surface area contributed by atoms with Crippen molar-refractivity contribution in [3.05, 3.63) is 35.4 Å². The summed E-state index contributed by atoms with van der Waals surface area (Å²) in [5.74, 6) is 0. The van der Waals surface area contributed by atoms with Crippen LogP contribution in [0.2, 0.25) is 0 Å². The molecule has 14 heavy (non-hydrogen) atoms. The molecule has 0 aromatic heterocycles. The molecule has 0 saturated heterocycles. The fraction of sp³-hybridized carbons (Fsp3) is 0.462. The number of rotatable bonds is 2. The second-order valence-electron chi connectivity index (χ2n) is 4.84. The molecule has 0 heterocycles. The van der Waals surface area contributed by atoms with Gasteiger partial charge < -0.3 is 0 Å². The van der Waals surface area contributed by atoms with E-state index in [1.165, 1.54) is 11.1 Å². The first kappa shape index (κ1) is 11.4. The van der Waals surface area contributed by atoms with Crippen molar-refractivity contribution in [1.82, 2.24) is 0 Å². The van der Waals surface area contributed by atoms with Crippen LogP contribution in [-0.2, 0) is 6.42 Å². The smallest absolute Gasteiger partial charge is 0.00436 e. The number of benzene rings is 1. The Morgan fingerprint density at radius 1 is 1.29 bits per heavy atom. The fourth-order valence-corrected chi connectivity index (χ4v) is 1.44. The van der Waals surface area contributed by atoms with Crippen molar-refractivity contribution in [3.8, 4) is 0 Å². The van der Waals surface area contributed by atoms with Crippen LogP contribution in [-0.4, -0.2) is 4.86 Å². The van der Waals surface area contributed by atoms with E-state index in [0.29, 0.717) is 0 Å². The van der Waals surface area contributed by atoms with E-state index in [9.17, 15) is 0 Å². The maximum absolute atomic E-state index is 5.42. The Morgan fingerprint density at radius 2 is 1.93 bits per heavy atom. The van der Waals surface area contributed by atoms with Gasteiger partial charge in [-0.2, -0.15) is 0 Å². The lowest BCUT2D eigenvalue weighted by atomic mass is 9.88. The quantitative estimate of drug-likeness (QED) is 0.660. The van der Waals surface area contributed by atoms with E-state index >= 15 is 0 Å². The molecule has 0 unspecified atom stereocenters. The average molecular weight is 206 g/mol. The van der Waals surface area contributed by atoms with Gasteiger partial charge in [-0.25, -0.2) is 0 Å². The van der Waals surface area contributed by atoms with E-state index in [1.54, 1.807) is 0 Å². The lowest BCUT2D eigenvalue weighted by Gasteiger charge is -2.19. The highest BCUT2D eigenvalue weighted by molar-refractivity contribution is 7.80. The van der Waals surface area contributed by atoms with Crippen molar-refractivity contribution in [3.63, 3.8) is 0 Å². The molecular weight excluding hydrogens is 188 g/mol. The molecule has 0 N–H and O–H groups in total. The van der Waals surface area contributed by atoms with Crippen LogP contribution < -0.4 is 0 Å². The number of hydrogen-bond acceptors (Lipinski definition) is 1. The number of thiocarbonyl (C=S) groups is 1. The van der Waals surface area contributed by atoms with Gasteiger partial charge in [-0.3, -0.25) is 0 Å². The summed E-state index contributed by atoms with van der Waals surface area (Å²) in [6, 6.07) is 8.56. The van der Waals surface area contributed by atoms with Crippen molar-refractivity contribution in [1.29, 1.82) is 0 Å². The average Bonchev–Trinajstić information content (AvgIpc) is 2.02. The van der Waals surface area contributed by atoms with Gasteiger partial charge in [0, 0.05) is 11.3 Å². The van der Waals surface area contributed by atoms with Gasteiger partial charge in [-0.1, -0.05) is 62.8 Å². The van der Waals surface area contributed by atoms with Crippen molar-refractivity contribution >= 4 is 17.1 Å². The van der Waals surface area contributed by atoms with Gasteiger partial charge in [0.2, 0.25) is 0 Å². The molecule has 0 bridgehead atoms. The third kappa shape index (κ3) is 3.22. The minimum absolute atomic E-state index is 0.138. The van der Waals surface area contributed by atoms with Crippen molar-refractivity contribution in [2.75, 3.05) is 0 Å². The second kappa shape index (κ2) is 4.22. The van der Waals surface area contributed by atoms with Gasteiger partial charge in [-0.15, -0.1) is 0 Å². The topological polar surface area (TPSA) is 0 Å². The van der Waals surface area contributed by atoms with Crippen LogP contribution in [0.4, 0.5) is 0 Å². The maximum Gasteiger partial charge on any atom is 0.00436 e. The molecule has 0 nitrogen and oxygen atoms in total. The Morgan fingerprint density at radius 3 is 2.43 bits per heavy atom. The van der Waals surface area contributed by atoms with Crippen molar-refractivity contribution in [2.45, 2.75) is 34.1 Å². The van der Waals surface area contributed by atoms with Crippen molar-refractivity contribution < 1.29 is 0 Å². The molecule has 1 aromatic rings. The molecule has 1 heteroatoms. The van der Waals surface area contributed by atoms with E-state index in [2.05, 4.69) is 52.0 Å². The normalized spacial score (nSPS) is 11.4. The van der Waals surface area contributed by atoms with Crippen LogP contribution in [0, 0.1) is 12.3 Å². The first-order chi connectivity index (χ1) is 6.39. The molecular formula is C13H18S. The molecule has 0 amide bonds. The summed E-state index contributed by atoms with van der Waals surface area (Å²) in [6.07, 6.45) is 0.917. The summed E-state index contributed by atoms with van der Waals surface area (Å²) < 4.78 is 0. The number of hydrogen-bond donors (Lipinski definition) is 0. The minimum Gasteiger partial charge on any atom is -0.0887 e. The summed E-state index contributed by atoms with van der Waals surface area (Å²) >= 11 is 5.42. The van der Waals surface area contributed by atoms with Gasteiger partial charge in [0.05, 0.1) is 0 Å². The highest BCUT2D eigenvalue weighted by Crippen LogP contribution is 2.19. The third-order valence-electron chi connectivity index (χ3n) is 2.28. The third-order valence-corrected chi connectivity index (χ3v) is 3.04. The molecule has 0 aliphatic carbocycles. The Bertz CT molecular complexity index is 331. The molecule has 0 aliphatic rings. The van der Waals surface area contributed by atoms with Crippen LogP contribution in [0.3, 0.4) is 0 Å². The molecule has 0 aliphatic heterocycles. The predicted octanol–water partition coefficient (Wildman–Crippen LogP) is 3.95. The van der Waals surface area contributed by atoms with Crippen molar-refractivity contribution in [2.24, 2.45) is 5.41 Å². The van der Waals surface area contributed by atoms with Crippen LogP contribution in [0.1, 0.15) is 31.9 Å². The van der Waals surface area contributed by atoms with E-state index < -0.39 is 0 Å². The van der Waals surface area contributed by atoms with Crippen LogP contribution >= 0.6 is 12.2 Å². The fourth-order valence-electron chi connectivity index (χ4n) is 1.27. The summed E-state index contributed by atoms with van der Waals surface area (Å²) in [5.41, 5.74) is 2.77. The molecule has 0 saturated carbocycles. The first-order valence-corrected chi connectivity index (χ1v) is 5.39. The Hall–Kier alpha value is -0.690. The van der Waals surface area contributed by atoms with E-state index in [0.717, 1.165) is 11.3 Å².